The molecule has 0 bridgehead atoms. The number of likely N-dealkylation sites (N-methyl/N-ethyl adjacent to an activating group) is 1. The van der Waals surface area contributed by atoms with E-state index in [1.54, 1.807) is 43.3 Å². The Hall–Kier alpha value is -4.22. The number of hydrogen-bond donors (Lipinski definition) is 4. The third kappa shape index (κ3) is 6.80. The summed E-state index contributed by atoms with van der Waals surface area (Å²) in [5, 5.41) is 14.7. The third-order valence-electron chi connectivity index (χ3n) is 7.47. The average molecular weight is 593 g/mol. The average Bonchev–Trinajstić information content (AvgIpc) is 3.40. The SMILES string of the molecule is CCN(CC)CCNC(=O)c1c(C)[nH]c(C=C2C(=O)Nc3ccc(S(=O)(=O)Cc4ccc(CC(=O)O)cc4)cc32)c1C. The van der Waals surface area contributed by atoms with Gasteiger partial charge in [-0.15, -0.1) is 0 Å². The van der Waals surface area contributed by atoms with Crippen molar-refractivity contribution < 1.29 is 27.9 Å². The van der Waals surface area contributed by atoms with E-state index in [-0.39, 0.29) is 34.5 Å². The van der Waals surface area contributed by atoms with E-state index < -0.39 is 15.8 Å². The Morgan fingerprint density at radius 3 is 2.33 bits per heavy atom. The van der Waals surface area contributed by atoms with Gasteiger partial charge in [-0.1, -0.05) is 38.1 Å². The van der Waals surface area contributed by atoms with Crippen LogP contribution in [0.25, 0.3) is 11.6 Å². The summed E-state index contributed by atoms with van der Waals surface area (Å²) in [7, 11) is -3.77. The van der Waals surface area contributed by atoms with Crippen LogP contribution in [0.3, 0.4) is 0 Å². The fraction of sp³-hybridized carbons (Fsp3) is 0.323. The number of H-pyrrole nitrogens is 1. The molecule has 1 aliphatic heterocycles. The van der Waals surface area contributed by atoms with Gasteiger partial charge in [-0.3, -0.25) is 14.4 Å². The largest absolute Gasteiger partial charge is 0.481 e. The molecule has 2 amide bonds. The van der Waals surface area contributed by atoms with Crippen LogP contribution in [-0.2, 0) is 31.6 Å². The van der Waals surface area contributed by atoms with E-state index in [1.165, 1.54) is 12.1 Å². The number of carbonyl (C=O) groups excluding carboxylic acids is 2. The van der Waals surface area contributed by atoms with Gasteiger partial charge in [0.15, 0.2) is 9.84 Å². The molecule has 0 saturated carbocycles. The number of nitrogens with one attached hydrogen (secondary N) is 3. The summed E-state index contributed by atoms with van der Waals surface area (Å²) in [6, 6.07) is 10.9. The number of sulfone groups is 1. The van der Waals surface area contributed by atoms with Gasteiger partial charge >= 0.3 is 5.97 Å². The van der Waals surface area contributed by atoms with E-state index in [0.29, 0.717) is 51.4 Å². The number of aromatic amines is 1. The van der Waals surface area contributed by atoms with Crippen molar-refractivity contribution in [3.63, 3.8) is 0 Å². The van der Waals surface area contributed by atoms with E-state index >= 15 is 0 Å². The summed E-state index contributed by atoms with van der Waals surface area (Å²) < 4.78 is 26.6. The number of benzene rings is 2. The van der Waals surface area contributed by atoms with Crippen molar-refractivity contribution in [3.8, 4) is 0 Å². The number of fused-ring (bicyclic) bond motifs is 1. The molecule has 1 aliphatic rings. The van der Waals surface area contributed by atoms with E-state index in [0.717, 1.165) is 19.6 Å². The number of aromatic nitrogens is 1. The van der Waals surface area contributed by atoms with Gasteiger partial charge < -0.3 is 25.6 Å². The number of carbonyl (C=O) groups is 3. The zero-order valence-electron chi connectivity index (χ0n) is 24.2. The minimum atomic E-state index is -3.77. The topological polar surface area (TPSA) is 149 Å². The molecule has 3 aromatic rings. The minimum Gasteiger partial charge on any atom is -0.481 e. The first kappa shape index (κ1) is 30.7. The molecule has 0 radical (unpaired) electrons. The van der Waals surface area contributed by atoms with Crippen LogP contribution in [0.1, 0.15) is 57.8 Å². The molecular formula is C31H36N4O6S. The molecule has 4 N–H and O–H groups in total. The second kappa shape index (κ2) is 12.7. The first-order valence-corrected chi connectivity index (χ1v) is 15.5. The molecule has 0 unspecified atom stereocenters. The van der Waals surface area contributed by atoms with Gasteiger partial charge in [0.25, 0.3) is 11.8 Å². The smallest absolute Gasteiger partial charge is 0.307 e. The molecule has 11 heteroatoms. The van der Waals surface area contributed by atoms with Crippen LogP contribution in [0.15, 0.2) is 47.4 Å². The molecule has 10 nitrogen and oxygen atoms in total. The van der Waals surface area contributed by atoms with E-state index in [9.17, 15) is 22.8 Å². The van der Waals surface area contributed by atoms with Crippen LogP contribution in [0.4, 0.5) is 5.69 Å². The van der Waals surface area contributed by atoms with Gasteiger partial charge in [0.1, 0.15) is 0 Å². The molecule has 2 heterocycles. The number of hydrogen-bond acceptors (Lipinski definition) is 6. The summed E-state index contributed by atoms with van der Waals surface area (Å²) in [6.45, 7) is 10.8. The number of amides is 2. The Bertz CT molecular complexity index is 1650. The molecule has 0 saturated heterocycles. The Morgan fingerprint density at radius 1 is 1.02 bits per heavy atom. The minimum absolute atomic E-state index is 0.0610. The van der Waals surface area contributed by atoms with Crippen molar-refractivity contribution in [3.05, 3.63) is 81.7 Å². The summed E-state index contributed by atoms with van der Waals surface area (Å²) in [5.74, 6) is -1.80. The third-order valence-corrected chi connectivity index (χ3v) is 9.15. The molecule has 2 aromatic carbocycles. The number of carboxylic acids is 1. The monoisotopic (exact) mass is 592 g/mol. The molecular weight excluding hydrogens is 556 g/mol. The Morgan fingerprint density at radius 2 is 1.69 bits per heavy atom. The van der Waals surface area contributed by atoms with Crippen molar-refractivity contribution in [2.75, 3.05) is 31.5 Å². The number of rotatable bonds is 12. The standard InChI is InChI=1S/C31H36N4O6S/c1-5-35(6-2)14-13-32-31(39)29-19(3)27(33-20(29)4)17-25-24-16-23(11-12-26(24)34-30(25)38)42(40,41)18-22-9-7-21(8-10-22)15-28(36)37/h7-12,16-17,33H,5-6,13-15,18H2,1-4H3,(H,32,39)(H,34,38)(H,36,37). The van der Waals surface area contributed by atoms with Crippen LogP contribution in [0.2, 0.25) is 0 Å². The molecule has 42 heavy (non-hydrogen) atoms. The van der Waals surface area contributed by atoms with Crippen molar-refractivity contribution in [1.29, 1.82) is 0 Å². The number of anilines is 1. The lowest BCUT2D eigenvalue weighted by molar-refractivity contribution is -0.136. The predicted octanol–water partition coefficient (Wildman–Crippen LogP) is 3.80. The second-order valence-electron chi connectivity index (χ2n) is 10.3. The van der Waals surface area contributed by atoms with Crippen LogP contribution < -0.4 is 10.6 Å². The van der Waals surface area contributed by atoms with Crippen LogP contribution in [0, 0.1) is 13.8 Å². The maximum absolute atomic E-state index is 13.3. The number of nitrogens with zero attached hydrogens (tertiary/aromatic N) is 1. The van der Waals surface area contributed by atoms with E-state index in [4.69, 9.17) is 5.11 Å². The zero-order chi connectivity index (χ0) is 30.6. The van der Waals surface area contributed by atoms with Gasteiger partial charge in [-0.05, 0) is 67.9 Å². The van der Waals surface area contributed by atoms with Crippen molar-refractivity contribution >= 4 is 45.0 Å². The Kier molecular flexibility index (Phi) is 9.33. The van der Waals surface area contributed by atoms with Gasteiger partial charge in [0.2, 0.25) is 0 Å². The van der Waals surface area contributed by atoms with Crippen LogP contribution >= 0.6 is 0 Å². The second-order valence-corrected chi connectivity index (χ2v) is 12.3. The first-order chi connectivity index (χ1) is 19.9. The van der Waals surface area contributed by atoms with E-state index in [1.807, 2.05) is 6.92 Å². The van der Waals surface area contributed by atoms with Gasteiger partial charge in [0.05, 0.1) is 28.2 Å². The highest BCUT2D eigenvalue weighted by atomic mass is 32.2. The van der Waals surface area contributed by atoms with Gasteiger partial charge in [-0.25, -0.2) is 8.42 Å². The summed E-state index contributed by atoms with van der Waals surface area (Å²) in [4.78, 5) is 42.3. The van der Waals surface area contributed by atoms with Crippen LogP contribution in [-0.4, -0.2) is 67.4 Å². The lowest BCUT2D eigenvalue weighted by atomic mass is 10.0. The fourth-order valence-corrected chi connectivity index (χ4v) is 6.46. The summed E-state index contributed by atoms with van der Waals surface area (Å²) in [5.41, 5.74) is 4.82. The predicted molar refractivity (Wildman–Crippen MR) is 162 cm³/mol. The van der Waals surface area contributed by atoms with Crippen molar-refractivity contribution in [1.82, 2.24) is 15.2 Å². The number of carboxylic acid groups (broad SMARTS) is 1. The molecule has 4 rings (SSSR count). The highest BCUT2D eigenvalue weighted by Gasteiger charge is 2.28. The zero-order valence-corrected chi connectivity index (χ0v) is 25.0. The van der Waals surface area contributed by atoms with E-state index in [2.05, 4.69) is 34.4 Å². The summed E-state index contributed by atoms with van der Waals surface area (Å²) >= 11 is 0. The Balaban J connectivity index is 1.57. The van der Waals surface area contributed by atoms with Crippen molar-refractivity contribution in [2.45, 2.75) is 44.8 Å². The van der Waals surface area contributed by atoms with Gasteiger partial charge in [-0.2, -0.15) is 0 Å². The van der Waals surface area contributed by atoms with Gasteiger partial charge in [0, 0.05) is 35.7 Å². The maximum atomic E-state index is 13.3. The lowest BCUT2D eigenvalue weighted by Crippen LogP contribution is -2.35. The molecule has 1 aromatic heterocycles. The highest BCUT2D eigenvalue weighted by Crippen LogP contribution is 2.36. The van der Waals surface area contributed by atoms with Crippen molar-refractivity contribution in [2.24, 2.45) is 0 Å². The molecule has 0 atom stereocenters. The number of aryl methyl sites for hydroxylation is 1. The lowest BCUT2D eigenvalue weighted by Gasteiger charge is -2.18. The maximum Gasteiger partial charge on any atom is 0.307 e. The fourth-order valence-electron chi connectivity index (χ4n) is 5.09. The molecule has 222 valence electrons. The summed E-state index contributed by atoms with van der Waals surface area (Å²) in [6.07, 6.45) is 1.50. The number of aliphatic carboxylic acids is 1. The highest BCUT2D eigenvalue weighted by molar-refractivity contribution is 7.90. The first-order valence-electron chi connectivity index (χ1n) is 13.8. The quantitative estimate of drug-likeness (QED) is 0.234. The molecule has 0 aliphatic carbocycles. The van der Waals surface area contributed by atoms with Crippen LogP contribution in [0.5, 0.6) is 0 Å². The molecule has 0 fully saturated rings. The Labute approximate surface area is 245 Å². The molecule has 0 spiro atoms. The normalized spacial score (nSPS) is 13.8.